The number of hydrogen-bond acceptors (Lipinski definition) is 3. The number of rotatable bonds is 4. The highest BCUT2D eigenvalue weighted by Gasteiger charge is 2.22. The fourth-order valence-electron chi connectivity index (χ4n) is 3.25. The Labute approximate surface area is 176 Å². The topological polar surface area (TPSA) is 63.5 Å². The van der Waals surface area contributed by atoms with E-state index in [1.54, 1.807) is 48.7 Å². The Morgan fingerprint density at radius 1 is 1.10 bits per heavy atom. The molecule has 5 nitrogen and oxygen atoms in total. The van der Waals surface area contributed by atoms with Gasteiger partial charge in [0, 0.05) is 17.4 Å². The second-order valence-corrected chi connectivity index (χ2v) is 7.30. The molecule has 0 saturated heterocycles. The largest absolute Gasteiger partial charge is 0.341 e. The summed E-state index contributed by atoms with van der Waals surface area (Å²) in [5, 5.41) is 3.29. The van der Waals surface area contributed by atoms with Gasteiger partial charge in [0.15, 0.2) is 0 Å². The van der Waals surface area contributed by atoms with E-state index in [-0.39, 0.29) is 5.56 Å². The minimum absolute atomic E-state index is 0.0998. The molecule has 4 aromatic rings. The van der Waals surface area contributed by atoms with Crippen LogP contribution in [0.5, 0.6) is 0 Å². The Balaban J connectivity index is 1.76. The predicted octanol–water partition coefficient (Wildman–Crippen LogP) is 4.31. The molecular formula is C23H17ClFN3O2. The van der Waals surface area contributed by atoms with Crippen molar-refractivity contribution in [1.82, 2.24) is 14.7 Å². The molecule has 1 atom stereocenters. The minimum atomic E-state index is -0.676. The number of fused-ring (bicyclic) bond motifs is 1. The number of halogens is 2. The highest BCUT2D eigenvalue weighted by Crippen LogP contribution is 2.28. The maximum absolute atomic E-state index is 13.4. The van der Waals surface area contributed by atoms with Gasteiger partial charge in [-0.3, -0.25) is 14.0 Å². The van der Waals surface area contributed by atoms with E-state index in [2.05, 4.69) is 10.3 Å². The average molecular weight is 422 g/mol. The molecule has 0 bridgehead atoms. The smallest absolute Gasteiger partial charge is 0.270 e. The third-order valence-corrected chi connectivity index (χ3v) is 5.13. The first-order valence-electron chi connectivity index (χ1n) is 9.23. The Hall–Kier alpha value is -3.51. The van der Waals surface area contributed by atoms with Gasteiger partial charge in [-0.2, -0.15) is 0 Å². The first-order chi connectivity index (χ1) is 14.4. The van der Waals surface area contributed by atoms with Crippen LogP contribution >= 0.6 is 11.6 Å². The van der Waals surface area contributed by atoms with Crippen molar-refractivity contribution in [1.29, 1.82) is 0 Å². The maximum Gasteiger partial charge on any atom is 0.270 e. The molecule has 0 saturated carbocycles. The molecule has 0 spiro atoms. The first kappa shape index (κ1) is 19.8. The number of nitrogens with one attached hydrogen (secondary N) is 1. The second kappa shape index (κ2) is 8.08. The lowest BCUT2D eigenvalue weighted by Crippen LogP contribution is -2.34. The number of amides is 1. The molecule has 0 aliphatic rings. The molecule has 0 aliphatic carbocycles. The van der Waals surface area contributed by atoms with Crippen molar-refractivity contribution >= 4 is 23.2 Å². The van der Waals surface area contributed by atoms with Crippen LogP contribution in [0.4, 0.5) is 4.39 Å². The Kier molecular flexibility index (Phi) is 5.33. The lowest BCUT2D eigenvalue weighted by molar-refractivity contribution is 0.0941. The van der Waals surface area contributed by atoms with Crippen LogP contribution in [0.25, 0.3) is 5.65 Å². The number of benzene rings is 2. The third kappa shape index (κ3) is 3.82. The molecule has 1 amide bonds. The van der Waals surface area contributed by atoms with Gasteiger partial charge >= 0.3 is 0 Å². The van der Waals surface area contributed by atoms with Crippen molar-refractivity contribution < 1.29 is 9.18 Å². The van der Waals surface area contributed by atoms with Crippen LogP contribution in [-0.2, 0) is 0 Å². The van der Waals surface area contributed by atoms with Gasteiger partial charge in [-0.05, 0) is 47.9 Å². The number of aryl methyl sites for hydroxylation is 1. The Morgan fingerprint density at radius 2 is 1.83 bits per heavy atom. The quantitative estimate of drug-likeness (QED) is 0.534. The van der Waals surface area contributed by atoms with Crippen LogP contribution in [0, 0.1) is 12.7 Å². The van der Waals surface area contributed by atoms with Crippen molar-refractivity contribution in [2.24, 2.45) is 0 Å². The van der Waals surface area contributed by atoms with Gasteiger partial charge in [0.1, 0.15) is 17.0 Å². The second-order valence-electron chi connectivity index (χ2n) is 6.89. The fourth-order valence-corrected chi connectivity index (χ4v) is 3.50. The summed E-state index contributed by atoms with van der Waals surface area (Å²) in [4.78, 5) is 30.1. The van der Waals surface area contributed by atoms with Gasteiger partial charge in [-0.25, -0.2) is 9.37 Å². The molecule has 150 valence electrons. The molecule has 2 aromatic heterocycles. The molecule has 0 aliphatic heterocycles. The SMILES string of the molecule is Cc1ccc2ncc(C(=O)NC(c3ccc(F)cc3)c3ccccc3Cl)c(=O)n2c1. The highest BCUT2D eigenvalue weighted by atomic mass is 35.5. The molecule has 0 fully saturated rings. The fraction of sp³-hybridized carbons (Fsp3) is 0.0870. The summed E-state index contributed by atoms with van der Waals surface area (Å²) < 4.78 is 14.8. The number of aromatic nitrogens is 2. The summed E-state index contributed by atoms with van der Waals surface area (Å²) in [6, 6.07) is 15.7. The van der Waals surface area contributed by atoms with Crippen LogP contribution in [0.1, 0.15) is 33.1 Å². The third-order valence-electron chi connectivity index (χ3n) is 4.79. The van der Waals surface area contributed by atoms with Crippen molar-refractivity contribution in [2.75, 3.05) is 0 Å². The van der Waals surface area contributed by atoms with E-state index >= 15 is 0 Å². The van der Waals surface area contributed by atoms with E-state index in [4.69, 9.17) is 11.6 Å². The molecule has 2 aromatic carbocycles. The minimum Gasteiger partial charge on any atom is -0.341 e. The van der Waals surface area contributed by atoms with Crippen molar-refractivity contribution in [3.8, 4) is 0 Å². The normalized spacial score (nSPS) is 12.0. The van der Waals surface area contributed by atoms with E-state index in [0.717, 1.165) is 5.56 Å². The van der Waals surface area contributed by atoms with Gasteiger partial charge < -0.3 is 5.32 Å². The van der Waals surface area contributed by atoms with Gasteiger partial charge in [0.05, 0.1) is 6.04 Å². The zero-order chi connectivity index (χ0) is 21.3. The van der Waals surface area contributed by atoms with E-state index in [1.165, 1.54) is 22.7 Å². The Bertz CT molecular complexity index is 1300. The molecule has 7 heteroatoms. The highest BCUT2D eigenvalue weighted by molar-refractivity contribution is 6.31. The molecule has 30 heavy (non-hydrogen) atoms. The summed E-state index contributed by atoms with van der Waals surface area (Å²) in [6.07, 6.45) is 2.89. The first-order valence-corrected chi connectivity index (χ1v) is 9.60. The Morgan fingerprint density at radius 3 is 2.57 bits per heavy atom. The number of carbonyl (C=O) groups is 1. The van der Waals surface area contributed by atoms with Crippen LogP contribution in [0.15, 0.2) is 77.9 Å². The van der Waals surface area contributed by atoms with E-state index in [1.807, 2.05) is 13.0 Å². The average Bonchev–Trinajstić information content (AvgIpc) is 2.74. The van der Waals surface area contributed by atoms with E-state index in [9.17, 15) is 14.0 Å². The molecule has 1 unspecified atom stereocenters. The predicted molar refractivity (Wildman–Crippen MR) is 113 cm³/mol. The van der Waals surface area contributed by atoms with Gasteiger partial charge in [-0.1, -0.05) is 48.0 Å². The van der Waals surface area contributed by atoms with Crippen molar-refractivity contribution in [3.05, 3.63) is 117 Å². The van der Waals surface area contributed by atoms with Crippen LogP contribution in [0.2, 0.25) is 5.02 Å². The number of hydrogen-bond donors (Lipinski definition) is 1. The summed E-state index contributed by atoms with van der Waals surface area (Å²) in [6.45, 7) is 1.85. The lowest BCUT2D eigenvalue weighted by atomic mass is 9.98. The number of pyridine rings is 1. The monoisotopic (exact) mass is 421 g/mol. The zero-order valence-corrected chi connectivity index (χ0v) is 16.7. The van der Waals surface area contributed by atoms with E-state index in [0.29, 0.717) is 21.8 Å². The van der Waals surface area contributed by atoms with Crippen LogP contribution in [0.3, 0.4) is 0 Å². The van der Waals surface area contributed by atoms with Gasteiger partial charge in [-0.15, -0.1) is 0 Å². The maximum atomic E-state index is 13.4. The summed E-state index contributed by atoms with van der Waals surface area (Å²) in [5.41, 5.74) is 1.99. The standard InChI is InChI=1S/C23H17ClFN3O2/c1-14-6-11-20-26-12-18(23(30)28(20)13-14)22(29)27-21(15-7-9-16(25)10-8-15)17-4-2-3-5-19(17)24/h2-13,21H,1H3,(H,27,29). The van der Waals surface area contributed by atoms with Crippen LogP contribution in [-0.4, -0.2) is 15.3 Å². The number of nitrogens with zero attached hydrogens (tertiary/aromatic N) is 2. The molecule has 2 heterocycles. The van der Waals surface area contributed by atoms with E-state index < -0.39 is 23.3 Å². The summed E-state index contributed by atoms with van der Waals surface area (Å²) in [5.74, 6) is -0.993. The zero-order valence-electron chi connectivity index (χ0n) is 16.0. The van der Waals surface area contributed by atoms with Gasteiger partial charge in [0.25, 0.3) is 11.5 Å². The lowest BCUT2D eigenvalue weighted by Gasteiger charge is -2.21. The number of carbonyl (C=O) groups excluding carboxylic acids is 1. The van der Waals surface area contributed by atoms with Crippen molar-refractivity contribution in [2.45, 2.75) is 13.0 Å². The van der Waals surface area contributed by atoms with Crippen molar-refractivity contribution in [3.63, 3.8) is 0 Å². The molecule has 0 radical (unpaired) electrons. The summed E-state index contributed by atoms with van der Waals surface area (Å²) >= 11 is 6.35. The molecule has 4 rings (SSSR count). The molecule has 1 N–H and O–H groups in total. The van der Waals surface area contributed by atoms with Crippen LogP contribution < -0.4 is 10.9 Å². The van der Waals surface area contributed by atoms with Gasteiger partial charge in [0.2, 0.25) is 0 Å². The molecular weight excluding hydrogens is 405 g/mol. The summed E-state index contributed by atoms with van der Waals surface area (Å²) in [7, 11) is 0.